The molecular formula is C5H13N3S. The van der Waals surface area contributed by atoms with Crippen molar-refractivity contribution in [3.8, 4) is 0 Å². The zero-order valence-corrected chi connectivity index (χ0v) is 6.27. The molecule has 9 heavy (non-hydrogen) atoms. The van der Waals surface area contributed by atoms with Crippen molar-refractivity contribution in [2.45, 2.75) is 24.3 Å². The van der Waals surface area contributed by atoms with E-state index in [-0.39, 0.29) is 0 Å². The summed E-state index contributed by atoms with van der Waals surface area (Å²) in [5.41, 5.74) is 5.69. The molecule has 54 valence electrons. The van der Waals surface area contributed by atoms with E-state index in [2.05, 4.69) is 12.6 Å². The van der Waals surface area contributed by atoms with E-state index in [0.29, 0.717) is 0 Å². The number of nitrogens with two attached hydrogens (primary N) is 2. The Labute approximate surface area is 60.8 Å². The molecule has 4 N–H and O–H groups in total. The number of hydrogen-bond acceptors (Lipinski definition) is 4. The van der Waals surface area contributed by atoms with E-state index >= 15 is 0 Å². The first-order valence-electron chi connectivity index (χ1n) is 3.16. The highest BCUT2D eigenvalue weighted by molar-refractivity contribution is 7.81. The van der Waals surface area contributed by atoms with Crippen LogP contribution >= 0.6 is 12.6 Å². The lowest BCUT2D eigenvalue weighted by molar-refractivity contribution is 0.129. The molecule has 0 bridgehead atoms. The lowest BCUT2D eigenvalue weighted by Crippen LogP contribution is -2.57. The summed E-state index contributed by atoms with van der Waals surface area (Å²) in [6.45, 7) is 0.861. The maximum absolute atomic E-state index is 5.69. The molecule has 3 nitrogen and oxygen atoms in total. The van der Waals surface area contributed by atoms with Crippen molar-refractivity contribution < 1.29 is 0 Å². The van der Waals surface area contributed by atoms with Crippen LogP contribution in [0, 0.1) is 0 Å². The van der Waals surface area contributed by atoms with E-state index in [1.165, 1.54) is 0 Å². The predicted molar refractivity (Wildman–Crippen MR) is 40.6 cm³/mol. The second-order valence-corrected chi connectivity index (χ2v) is 3.30. The fraction of sp³-hybridized carbons (Fsp3) is 1.00. The van der Waals surface area contributed by atoms with E-state index in [1.807, 2.05) is 0 Å². The molecule has 4 heteroatoms. The standard InChI is InChI=1S/C5H13N3S/c6-5(9)3-1-2-4-8(5)7/h9H,1-4,6-7H2. The molecule has 1 unspecified atom stereocenters. The molecule has 0 aromatic carbocycles. The van der Waals surface area contributed by atoms with Crippen molar-refractivity contribution in [1.29, 1.82) is 0 Å². The number of nitrogens with zero attached hydrogens (tertiary/aromatic N) is 1. The number of piperidine rings is 1. The van der Waals surface area contributed by atoms with Crippen LogP contribution in [0.5, 0.6) is 0 Å². The van der Waals surface area contributed by atoms with Gasteiger partial charge < -0.3 is 5.73 Å². The smallest absolute Gasteiger partial charge is 0.126 e. The van der Waals surface area contributed by atoms with Crippen LogP contribution < -0.4 is 11.6 Å². The predicted octanol–water partition coefficient (Wildman–Crippen LogP) is -0.112. The highest BCUT2D eigenvalue weighted by Gasteiger charge is 2.28. The van der Waals surface area contributed by atoms with Gasteiger partial charge in [-0.3, -0.25) is 5.84 Å². The Morgan fingerprint density at radius 1 is 1.44 bits per heavy atom. The van der Waals surface area contributed by atoms with Crippen LogP contribution in [0.2, 0.25) is 0 Å². The average molecular weight is 147 g/mol. The third kappa shape index (κ3) is 1.58. The molecule has 1 atom stereocenters. The van der Waals surface area contributed by atoms with E-state index < -0.39 is 4.99 Å². The summed E-state index contributed by atoms with van der Waals surface area (Å²) in [4.78, 5) is -0.557. The summed E-state index contributed by atoms with van der Waals surface area (Å²) in [6, 6.07) is 0. The molecule has 0 saturated carbocycles. The topological polar surface area (TPSA) is 55.3 Å². The fourth-order valence-corrected chi connectivity index (χ4v) is 1.26. The van der Waals surface area contributed by atoms with Gasteiger partial charge in [0.1, 0.15) is 4.99 Å². The van der Waals surface area contributed by atoms with Gasteiger partial charge in [0.05, 0.1) is 0 Å². The van der Waals surface area contributed by atoms with Crippen LogP contribution in [0.25, 0.3) is 0 Å². The highest BCUT2D eigenvalue weighted by Crippen LogP contribution is 2.22. The van der Waals surface area contributed by atoms with Crippen LogP contribution in [-0.2, 0) is 0 Å². The minimum absolute atomic E-state index is 0.557. The Balaban J connectivity index is 2.49. The van der Waals surface area contributed by atoms with Crippen molar-refractivity contribution in [2.75, 3.05) is 6.54 Å². The molecular weight excluding hydrogens is 134 g/mol. The second-order valence-electron chi connectivity index (χ2n) is 2.53. The fourth-order valence-electron chi connectivity index (χ4n) is 1.00. The van der Waals surface area contributed by atoms with Crippen molar-refractivity contribution in [3.05, 3.63) is 0 Å². The minimum Gasteiger partial charge on any atom is -0.304 e. The van der Waals surface area contributed by atoms with Crippen LogP contribution in [0.1, 0.15) is 19.3 Å². The van der Waals surface area contributed by atoms with Gasteiger partial charge in [0.2, 0.25) is 0 Å². The van der Waals surface area contributed by atoms with Gasteiger partial charge in [-0.25, -0.2) is 5.01 Å². The minimum atomic E-state index is -0.557. The zero-order valence-electron chi connectivity index (χ0n) is 5.38. The number of rotatable bonds is 0. The van der Waals surface area contributed by atoms with Crippen LogP contribution in [0.4, 0.5) is 0 Å². The summed E-state index contributed by atoms with van der Waals surface area (Å²) >= 11 is 4.19. The lowest BCUT2D eigenvalue weighted by Gasteiger charge is -2.37. The highest BCUT2D eigenvalue weighted by atomic mass is 32.1. The molecule has 0 aromatic rings. The molecule has 1 aliphatic heterocycles. The first-order valence-corrected chi connectivity index (χ1v) is 3.61. The number of hydrazine groups is 1. The largest absolute Gasteiger partial charge is 0.304 e. The van der Waals surface area contributed by atoms with Gasteiger partial charge in [-0.2, -0.15) is 0 Å². The molecule has 0 aromatic heterocycles. The Bertz CT molecular complexity index is 104. The normalized spacial score (nSPS) is 39.0. The third-order valence-corrected chi connectivity index (χ3v) is 2.17. The summed E-state index contributed by atoms with van der Waals surface area (Å²) in [7, 11) is 0. The Kier molecular flexibility index (Phi) is 2.00. The van der Waals surface area contributed by atoms with Gasteiger partial charge in [0.25, 0.3) is 0 Å². The SMILES string of the molecule is NN1CCCCC1(N)S. The maximum atomic E-state index is 5.69. The van der Waals surface area contributed by atoms with Gasteiger partial charge in [-0.1, -0.05) is 0 Å². The van der Waals surface area contributed by atoms with E-state index in [1.54, 1.807) is 5.01 Å². The van der Waals surface area contributed by atoms with Gasteiger partial charge in [-0.15, -0.1) is 12.6 Å². The second kappa shape index (κ2) is 2.46. The number of thiol groups is 1. The van der Waals surface area contributed by atoms with Gasteiger partial charge in [-0.05, 0) is 19.3 Å². The lowest BCUT2D eigenvalue weighted by atomic mass is 10.1. The van der Waals surface area contributed by atoms with Crippen LogP contribution in [0.3, 0.4) is 0 Å². The van der Waals surface area contributed by atoms with E-state index in [0.717, 1.165) is 25.8 Å². The van der Waals surface area contributed by atoms with Crippen molar-refractivity contribution in [3.63, 3.8) is 0 Å². The Morgan fingerprint density at radius 2 is 2.11 bits per heavy atom. The summed E-state index contributed by atoms with van der Waals surface area (Å²) < 4.78 is 0. The molecule has 1 aliphatic rings. The Hall–Kier alpha value is 0.230. The first-order chi connectivity index (χ1) is 4.13. The maximum Gasteiger partial charge on any atom is 0.126 e. The van der Waals surface area contributed by atoms with Crippen molar-refractivity contribution in [2.24, 2.45) is 11.6 Å². The first kappa shape index (κ1) is 7.34. The van der Waals surface area contributed by atoms with Gasteiger partial charge in [0.15, 0.2) is 0 Å². The third-order valence-electron chi connectivity index (χ3n) is 1.69. The molecule has 0 spiro atoms. The summed E-state index contributed by atoms with van der Waals surface area (Å²) in [6.07, 6.45) is 3.15. The van der Waals surface area contributed by atoms with Crippen molar-refractivity contribution in [1.82, 2.24) is 5.01 Å². The molecule has 0 amide bonds. The van der Waals surface area contributed by atoms with Crippen molar-refractivity contribution >= 4 is 12.6 Å². The van der Waals surface area contributed by atoms with Crippen LogP contribution in [0.15, 0.2) is 0 Å². The quantitative estimate of drug-likeness (QED) is 0.254. The zero-order chi connectivity index (χ0) is 6.91. The molecule has 1 fully saturated rings. The Morgan fingerprint density at radius 3 is 2.44 bits per heavy atom. The van der Waals surface area contributed by atoms with Gasteiger partial charge in [0, 0.05) is 6.54 Å². The number of hydrogen-bond donors (Lipinski definition) is 3. The molecule has 1 heterocycles. The monoisotopic (exact) mass is 147 g/mol. The van der Waals surface area contributed by atoms with Gasteiger partial charge >= 0.3 is 0 Å². The molecule has 1 saturated heterocycles. The molecule has 0 radical (unpaired) electrons. The molecule has 0 aliphatic carbocycles. The molecule has 1 rings (SSSR count). The average Bonchev–Trinajstić information content (AvgIpc) is 1.77. The van der Waals surface area contributed by atoms with Crippen LogP contribution in [-0.4, -0.2) is 16.5 Å². The summed E-state index contributed by atoms with van der Waals surface area (Å²) in [5, 5.41) is 1.60. The summed E-state index contributed by atoms with van der Waals surface area (Å²) in [5.74, 6) is 5.54. The van der Waals surface area contributed by atoms with E-state index in [4.69, 9.17) is 11.6 Å². The van der Waals surface area contributed by atoms with E-state index in [9.17, 15) is 0 Å².